The van der Waals surface area contributed by atoms with Gasteiger partial charge in [-0.3, -0.25) is 4.79 Å². The summed E-state index contributed by atoms with van der Waals surface area (Å²) in [5.41, 5.74) is 0.692. The van der Waals surface area contributed by atoms with Gasteiger partial charge in [0.25, 0.3) is 0 Å². The molecule has 0 aromatic carbocycles. The van der Waals surface area contributed by atoms with Gasteiger partial charge in [0.05, 0.1) is 5.69 Å². The van der Waals surface area contributed by atoms with Gasteiger partial charge in [-0.1, -0.05) is 0 Å². The van der Waals surface area contributed by atoms with Gasteiger partial charge in [-0.25, -0.2) is 4.98 Å². The number of hydrogen-bond donors (Lipinski definition) is 1. The number of nitrogens with one attached hydrogen (secondary N) is 1. The molecule has 88 valence electrons. The lowest BCUT2D eigenvalue weighted by Crippen LogP contribution is -2.21. The summed E-state index contributed by atoms with van der Waals surface area (Å²) in [6, 6.07) is 3.59. The monoisotopic (exact) mass is 223 g/mol. The van der Waals surface area contributed by atoms with Crippen molar-refractivity contribution in [2.45, 2.75) is 6.92 Å². The Bertz CT molecular complexity index is 353. The summed E-state index contributed by atoms with van der Waals surface area (Å²) in [5.74, 6) is 0.560. The van der Waals surface area contributed by atoms with Crippen molar-refractivity contribution in [1.29, 1.82) is 0 Å². The zero-order valence-corrected chi connectivity index (χ0v) is 9.86. The number of carbonyl (C=O) groups excluding carboxylic acids is 1. The largest absolute Gasteiger partial charge is 0.372 e. The third kappa shape index (κ3) is 3.51. The van der Waals surface area contributed by atoms with Crippen LogP contribution in [0.15, 0.2) is 18.3 Å². The normalized spacial score (nSPS) is 9.94. The van der Waals surface area contributed by atoms with Crippen LogP contribution in [0.1, 0.15) is 6.92 Å². The molecular weight excluding hydrogens is 206 g/mol. The molecule has 0 aliphatic carbocycles. The van der Waals surface area contributed by atoms with Gasteiger partial charge in [-0.2, -0.15) is 0 Å². The molecule has 0 saturated heterocycles. The number of ether oxygens (including phenoxy) is 1. The first-order valence-electron chi connectivity index (χ1n) is 5.15. The third-order valence-corrected chi connectivity index (χ3v) is 1.92. The molecule has 5 nitrogen and oxygen atoms in total. The van der Waals surface area contributed by atoms with Crippen molar-refractivity contribution in [1.82, 2.24) is 4.98 Å². The van der Waals surface area contributed by atoms with E-state index in [-0.39, 0.29) is 12.5 Å². The Morgan fingerprint density at radius 3 is 2.94 bits per heavy atom. The third-order valence-electron chi connectivity index (χ3n) is 1.92. The predicted molar refractivity (Wildman–Crippen MR) is 63.7 cm³/mol. The van der Waals surface area contributed by atoms with E-state index in [9.17, 15) is 4.79 Å². The standard InChI is InChI=1S/C11H17N3O2/c1-4-16-8-10(15)13-9-6-5-7-12-11(9)14(2)3/h5-7H,4,8H2,1-3H3,(H,13,15). The smallest absolute Gasteiger partial charge is 0.250 e. The van der Waals surface area contributed by atoms with E-state index in [0.29, 0.717) is 12.3 Å². The molecule has 0 fully saturated rings. The number of hydrogen-bond acceptors (Lipinski definition) is 4. The molecule has 0 saturated carbocycles. The van der Waals surface area contributed by atoms with E-state index in [4.69, 9.17) is 4.74 Å². The van der Waals surface area contributed by atoms with Gasteiger partial charge in [-0.15, -0.1) is 0 Å². The van der Waals surface area contributed by atoms with Gasteiger partial charge in [0.1, 0.15) is 6.61 Å². The molecule has 0 aliphatic heterocycles. The first kappa shape index (κ1) is 12.4. The number of pyridine rings is 1. The van der Waals surface area contributed by atoms with Crippen LogP contribution < -0.4 is 10.2 Å². The Labute approximate surface area is 95.4 Å². The lowest BCUT2D eigenvalue weighted by Gasteiger charge is -2.16. The van der Waals surface area contributed by atoms with E-state index >= 15 is 0 Å². The van der Waals surface area contributed by atoms with E-state index in [1.54, 1.807) is 12.3 Å². The molecule has 1 amide bonds. The second kappa shape index (κ2) is 6.07. The minimum atomic E-state index is -0.169. The van der Waals surface area contributed by atoms with Crippen LogP contribution in [0.25, 0.3) is 0 Å². The van der Waals surface area contributed by atoms with Crippen molar-refractivity contribution in [3.05, 3.63) is 18.3 Å². The molecule has 1 rings (SSSR count). The van der Waals surface area contributed by atoms with E-state index < -0.39 is 0 Å². The summed E-state index contributed by atoms with van der Waals surface area (Å²) in [4.78, 5) is 17.5. The van der Waals surface area contributed by atoms with Gasteiger partial charge >= 0.3 is 0 Å². The van der Waals surface area contributed by atoms with Crippen LogP contribution in [0.4, 0.5) is 11.5 Å². The Hall–Kier alpha value is -1.62. The molecule has 0 spiro atoms. The summed E-state index contributed by atoms with van der Waals surface area (Å²) in [6.07, 6.45) is 1.69. The molecule has 1 aromatic rings. The number of nitrogens with zero attached hydrogens (tertiary/aromatic N) is 2. The molecule has 1 aromatic heterocycles. The maximum atomic E-state index is 11.5. The van der Waals surface area contributed by atoms with Crippen LogP contribution in [0.5, 0.6) is 0 Å². The number of amides is 1. The average Bonchev–Trinajstić information content (AvgIpc) is 2.27. The fourth-order valence-electron chi connectivity index (χ4n) is 1.23. The van der Waals surface area contributed by atoms with Crippen LogP contribution in [0.3, 0.4) is 0 Å². The first-order chi connectivity index (χ1) is 7.65. The molecule has 5 heteroatoms. The van der Waals surface area contributed by atoms with Crippen molar-refractivity contribution in [3.8, 4) is 0 Å². The Balaban J connectivity index is 2.69. The SMILES string of the molecule is CCOCC(=O)Nc1cccnc1N(C)C. The maximum absolute atomic E-state index is 11.5. The Morgan fingerprint density at radius 2 is 2.31 bits per heavy atom. The number of rotatable bonds is 5. The summed E-state index contributed by atoms with van der Waals surface area (Å²) >= 11 is 0. The quantitative estimate of drug-likeness (QED) is 0.812. The molecular formula is C11H17N3O2. The lowest BCUT2D eigenvalue weighted by molar-refractivity contribution is -0.120. The topological polar surface area (TPSA) is 54.5 Å². The second-order valence-electron chi connectivity index (χ2n) is 3.45. The molecule has 1 heterocycles. The molecule has 0 bridgehead atoms. The number of anilines is 2. The summed E-state index contributed by atoms with van der Waals surface area (Å²) in [6.45, 7) is 2.45. The van der Waals surface area contributed by atoms with E-state index in [1.165, 1.54) is 0 Å². The Morgan fingerprint density at radius 1 is 1.56 bits per heavy atom. The van der Waals surface area contributed by atoms with E-state index in [0.717, 1.165) is 5.82 Å². The molecule has 0 radical (unpaired) electrons. The fourth-order valence-corrected chi connectivity index (χ4v) is 1.23. The molecule has 16 heavy (non-hydrogen) atoms. The number of carbonyl (C=O) groups is 1. The highest BCUT2D eigenvalue weighted by molar-refractivity contribution is 5.94. The maximum Gasteiger partial charge on any atom is 0.250 e. The summed E-state index contributed by atoms with van der Waals surface area (Å²) in [7, 11) is 3.75. The molecule has 0 atom stereocenters. The van der Waals surface area contributed by atoms with Crippen molar-refractivity contribution < 1.29 is 9.53 Å². The van der Waals surface area contributed by atoms with Crippen molar-refractivity contribution in [2.75, 3.05) is 37.5 Å². The predicted octanol–water partition coefficient (Wildman–Crippen LogP) is 1.12. The van der Waals surface area contributed by atoms with Crippen molar-refractivity contribution in [3.63, 3.8) is 0 Å². The van der Waals surface area contributed by atoms with Crippen molar-refractivity contribution >= 4 is 17.4 Å². The number of aromatic nitrogens is 1. The Kier molecular flexibility index (Phi) is 4.72. The van der Waals surface area contributed by atoms with Gasteiger partial charge < -0.3 is 15.0 Å². The van der Waals surface area contributed by atoms with Gasteiger partial charge in [0.15, 0.2) is 5.82 Å². The minimum Gasteiger partial charge on any atom is -0.372 e. The van der Waals surface area contributed by atoms with E-state index in [1.807, 2.05) is 32.0 Å². The molecule has 1 N–H and O–H groups in total. The second-order valence-corrected chi connectivity index (χ2v) is 3.45. The zero-order chi connectivity index (χ0) is 12.0. The van der Waals surface area contributed by atoms with Crippen LogP contribution in [0, 0.1) is 0 Å². The zero-order valence-electron chi connectivity index (χ0n) is 9.86. The minimum absolute atomic E-state index is 0.0677. The highest BCUT2D eigenvalue weighted by Crippen LogP contribution is 2.19. The molecule has 0 aliphatic rings. The van der Waals surface area contributed by atoms with E-state index in [2.05, 4.69) is 10.3 Å². The van der Waals surface area contributed by atoms with Crippen LogP contribution in [0.2, 0.25) is 0 Å². The van der Waals surface area contributed by atoms with Crippen LogP contribution >= 0.6 is 0 Å². The average molecular weight is 223 g/mol. The van der Waals surface area contributed by atoms with Crippen molar-refractivity contribution in [2.24, 2.45) is 0 Å². The van der Waals surface area contributed by atoms with Crippen LogP contribution in [-0.4, -0.2) is 38.2 Å². The van der Waals surface area contributed by atoms with Gasteiger partial charge in [0.2, 0.25) is 5.91 Å². The molecule has 0 unspecified atom stereocenters. The highest BCUT2D eigenvalue weighted by Gasteiger charge is 2.08. The summed E-state index contributed by atoms with van der Waals surface area (Å²) in [5, 5.41) is 2.76. The first-order valence-corrected chi connectivity index (χ1v) is 5.15. The van der Waals surface area contributed by atoms with Gasteiger partial charge in [0, 0.05) is 26.9 Å². The highest BCUT2D eigenvalue weighted by atomic mass is 16.5. The van der Waals surface area contributed by atoms with Crippen LogP contribution in [-0.2, 0) is 9.53 Å². The fraction of sp³-hybridized carbons (Fsp3) is 0.455. The summed E-state index contributed by atoms with van der Waals surface area (Å²) < 4.78 is 5.02. The van der Waals surface area contributed by atoms with Gasteiger partial charge in [-0.05, 0) is 19.1 Å². The lowest BCUT2D eigenvalue weighted by atomic mass is 10.3.